The van der Waals surface area contributed by atoms with E-state index in [9.17, 15) is 4.79 Å². The van der Waals surface area contributed by atoms with Gasteiger partial charge in [0.05, 0.1) is 6.61 Å². The van der Waals surface area contributed by atoms with Crippen LogP contribution in [0.5, 0.6) is 0 Å². The summed E-state index contributed by atoms with van der Waals surface area (Å²) in [6.45, 7) is 12.0. The van der Waals surface area contributed by atoms with Crippen molar-refractivity contribution in [3.8, 4) is 0 Å². The Labute approximate surface area is 85.1 Å². The van der Waals surface area contributed by atoms with Crippen molar-refractivity contribution in [1.82, 2.24) is 0 Å². The number of esters is 1. The molecule has 0 radical (unpaired) electrons. The molecule has 2 unspecified atom stereocenters. The Morgan fingerprint density at radius 3 is 2.36 bits per heavy atom. The first-order chi connectivity index (χ1) is 6.32. The second-order valence-electron chi connectivity index (χ2n) is 4.84. The molecule has 80 valence electrons. The lowest BCUT2D eigenvalue weighted by Crippen LogP contribution is -2.36. The van der Waals surface area contributed by atoms with E-state index >= 15 is 0 Å². The van der Waals surface area contributed by atoms with Crippen LogP contribution >= 0.6 is 0 Å². The summed E-state index contributed by atoms with van der Waals surface area (Å²) >= 11 is 0. The molecular formula is C11H18O3. The van der Waals surface area contributed by atoms with Gasteiger partial charge in [-0.05, 0) is 6.92 Å². The molecule has 0 N–H and O–H groups in total. The average Bonchev–Trinajstić information content (AvgIpc) is 2.79. The van der Waals surface area contributed by atoms with E-state index in [1.54, 1.807) is 6.92 Å². The van der Waals surface area contributed by atoms with E-state index in [2.05, 4.69) is 6.58 Å². The van der Waals surface area contributed by atoms with Crippen molar-refractivity contribution >= 4 is 5.97 Å². The van der Waals surface area contributed by atoms with E-state index in [4.69, 9.17) is 9.47 Å². The van der Waals surface area contributed by atoms with Crippen LogP contribution < -0.4 is 0 Å². The van der Waals surface area contributed by atoms with Gasteiger partial charge >= 0.3 is 5.97 Å². The smallest absolute Gasteiger partial charge is 0.333 e. The first-order valence-electron chi connectivity index (χ1n) is 4.80. The number of epoxide rings is 1. The summed E-state index contributed by atoms with van der Waals surface area (Å²) < 4.78 is 10.5. The van der Waals surface area contributed by atoms with Crippen molar-refractivity contribution in [3.63, 3.8) is 0 Å². The molecule has 1 heterocycles. The minimum atomic E-state index is -0.333. The average molecular weight is 198 g/mol. The van der Waals surface area contributed by atoms with Crippen molar-refractivity contribution < 1.29 is 14.3 Å². The molecule has 0 aromatic rings. The molecule has 1 aliphatic rings. The molecule has 1 rings (SSSR count). The summed E-state index contributed by atoms with van der Waals surface area (Å²) in [6.07, 6.45) is -0.106. The lowest BCUT2D eigenvalue weighted by Gasteiger charge is -2.28. The van der Waals surface area contributed by atoms with E-state index in [1.807, 2.05) is 20.8 Å². The fraction of sp³-hybridized carbons (Fsp3) is 0.727. The first kappa shape index (κ1) is 11.2. The number of carbonyl (C=O) groups excluding carboxylic acids is 1. The van der Waals surface area contributed by atoms with Crippen LogP contribution in [0.15, 0.2) is 12.2 Å². The highest BCUT2D eigenvalue weighted by molar-refractivity contribution is 5.87. The van der Waals surface area contributed by atoms with Gasteiger partial charge in [-0.15, -0.1) is 0 Å². The number of rotatable bonds is 3. The van der Waals surface area contributed by atoms with Crippen LogP contribution in [0.3, 0.4) is 0 Å². The maximum atomic E-state index is 11.4. The quantitative estimate of drug-likeness (QED) is 0.395. The highest BCUT2D eigenvalue weighted by Crippen LogP contribution is 2.32. The molecule has 0 bridgehead atoms. The van der Waals surface area contributed by atoms with Crippen molar-refractivity contribution in [2.45, 2.75) is 39.9 Å². The van der Waals surface area contributed by atoms with Gasteiger partial charge in [-0.3, -0.25) is 0 Å². The Morgan fingerprint density at radius 2 is 2.07 bits per heavy atom. The van der Waals surface area contributed by atoms with E-state index < -0.39 is 0 Å². The van der Waals surface area contributed by atoms with Gasteiger partial charge in [-0.1, -0.05) is 27.4 Å². The van der Waals surface area contributed by atoms with Crippen LogP contribution in [0.2, 0.25) is 0 Å². The maximum absolute atomic E-state index is 11.4. The van der Waals surface area contributed by atoms with Crippen LogP contribution in [0.4, 0.5) is 0 Å². The Bertz CT molecular complexity index is 246. The van der Waals surface area contributed by atoms with E-state index in [0.717, 1.165) is 0 Å². The molecule has 1 fully saturated rings. The van der Waals surface area contributed by atoms with Crippen LogP contribution in [-0.4, -0.2) is 24.8 Å². The molecule has 0 aromatic heterocycles. The van der Waals surface area contributed by atoms with Crippen molar-refractivity contribution in [1.29, 1.82) is 0 Å². The van der Waals surface area contributed by atoms with Gasteiger partial charge in [0, 0.05) is 11.0 Å². The minimum absolute atomic E-state index is 0.0679. The van der Waals surface area contributed by atoms with Crippen molar-refractivity contribution in [3.05, 3.63) is 12.2 Å². The van der Waals surface area contributed by atoms with Gasteiger partial charge in [-0.2, -0.15) is 0 Å². The van der Waals surface area contributed by atoms with E-state index in [0.29, 0.717) is 12.2 Å². The van der Waals surface area contributed by atoms with Gasteiger partial charge in [0.2, 0.25) is 0 Å². The molecule has 0 saturated carbocycles. The zero-order valence-electron chi connectivity index (χ0n) is 9.29. The van der Waals surface area contributed by atoms with Crippen LogP contribution in [0, 0.1) is 5.41 Å². The topological polar surface area (TPSA) is 38.8 Å². The standard InChI is InChI=1S/C11H18O3/c1-7(2)10(12)14-9(8-6-13-8)11(3,4)5/h8-9H,1,6H2,2-5H3. The third-order valence-electron chi connectivity index (χ3n) is 2.13. The number of ether oxygens (including phenoxy) is 2. The van der Waals surface area contributed by atoms with Crippen molar-refractivity contribution in [2.75, 3.05) is 6.61 Å². The molecule has 3 nitrogen and oxygen atoms in total. The normalized spacial score (nSPS) is 22.7. The van der Waals surface area contributed by atoms with Gasteiger partial charge in [-0.25, -0.2) is 4.79 Å². The third-order valence-corrected chi connectivity index (χ3v) is 2.13. The summed E-state index contributed by atoms with van der Waals surface area (Å²) in [4.78, 5) is 11.4. The predicted molar refractivity (Wildman–Crippen MR) is 53.9 cm³/mol. The Hall–Kier alpha value is -0.830. The molecule has 2 atom stereocenters. The minimum Gasteiger partial charge on any atom is -0.456 e. The predicted octanol–water partition coefficient (Wildman–Crippen LogP) is 1.92. The number of hydrogen-bond donors (Lipinski definition) is 0. The monoisotopic (exact) mass is 198 g/mol. The molecular weight excluding hydrogens is 180 g/mol. The first-order valence-corrected chi connectivity index (χ1v) is 4.80. The summed E-state index contributed by atoms with van der Waals surface area (Å²) in [5, 5.41) is 0. The molecule has 0 amide bonds. The molecule has 3 heteroatoms. The largest absolute Gasteiger partial charge is 0.456 e. The zero-order valence-corrected chi connectivity index (χ0v) is 9.29. The summed E-state index contributed by atoms with van der Waals surface area (Å²) in [6, 6.07) is 0. The number of carbonyl (C=O) groups is 1. The molecule has 0 spiro atoms. The Morgan fingerprint density at radius 1 is 1.57 bits per heavy atom. The molecule has 1 aliphatic heterocycles. The highest BCUT2D eigenvalue weighted by atomic mass is 16.6. The highest BCUT2D eigenvalue weighted by Gasteiger charge is 2.43. The maximum Gasteiger partial charge on any atom is 0.333 e. The van der Waals surface area contributed by atoms with Crippen LogP contribution in [-0.2, 0) is 14.3 Å². The van der Waals surface area contributed by atoms with Crippen LogP contribution in [0.1, 0.15) is 27.7 Å². The van der Waals surface area contributed by atoms with Gasteiger partial charge in [0.1, 0.15) is 12.2 Å². The van der Waals surface area contributed by atoms with Crippen molar-refractivity contribution in [2.24, 2.45) is 5.41 Å². The Kier molecular flexibility index (Phi) is 3.00. The lowest BCUT2D eigenvalue weighted by atomic mass is 9.87. The zero-order chi connectivity index (χ0) is 10.9. The van der Waals surface area contributed by atoms with Gasteiger partial charge < -0.3 is 9.47 Å². The summed E-state index contributed by atoms with van der Waals surface area (Å²) in [5.41, 5.74) is 0.339. The van der Waals surface area contributed by atoms with Gasteiger partial charge in [0.15, 0.2) is 0 Å². The second-order valence-corrected chi connectivity index (χ2v) is 4.84. The van der Waals surface area contributed by atoms with E-state index in [-0.39, 0.29) is 23.6 Å². The molecule has 14 heavy (non-hydrogen) atoms. The molecule has 0 aliphatic carbocycles. The molecule has 1 saturated heterocycles. The fourth-order valence-corrected chi connectivity index (χ4v) is 1.26. The lowest BCUT2D eigenvalue weighted by molar-refractivity contribution is -0.151. The summed E-state index contributed by atoms with van der Waals surface area (Å²) in [5.74, 6) is -0.333. The van der Waals surface area contributed by atoms with Crippen LogP contribution in [0.25, 0.3) is 0 Å². The Balaban J connectivity index is 2.61. The number of hydrogen-bond acceptors (Lipinski definition) is 3. The third kappa shape index (κ3) is 2.84. The fourth-order valence-electron chi connectivity index (χ4n) is 1.26. The van der Waals surface area contributed by atoms with Gasteiger partial charge in [0.25, 0.3) is 0 Å². The SMILES string of the molecule is C=C(C)C(=O)OC(C1CO1)C(C)(C)C. The summed E-state index contributed by atoms with van der Waals surface area (Å²) in [7, 11) is 0. The molecule has 0 aromatic carbocycles. The second kappa shape index (κ2) is 3.73. The van der Waals surface area contributed by atoms with E-state index in [1.165, 1.54) is 0 Å².